The largest absolute Gasteiger partial charge is 0.475 e. The van der Waals surface area contributed by atoms with Crippen LogP contribution in [0.1, 0.15) is 10.6 Å². The molecule has 2 aromatic rings. The molecule has 5 nitrogen and oxygen atoms in total. The van der Waals surface area contributed by atoms with Crippen LogP contribution in [0.5, 0.6) is 0 Å². The Morgan fingerprint density at radius 3 is 2.81 bits per heavy atom. The van der Waals surface area contributed by atoms with Crippen LogP contribution >= 0.6 is 11.6 Å². The summed E-state index contributed by atoms with van der Waals surface area (Å²) < 4.78 is 1.46. The van der Waals surface area contributed by atoms with Crippen LogP contribution in [0.4, 0.5) is 5.69 Å². The molecule has 0 unspecified atom stereocenters. The number of carboxylic acid groups (broad SMARTS) is 1. The number of hydrogen-bond acceptors (Lipinski definition) is 3. The van der Waals surface area contributed by atoms with Crippen molar-refractivity contribution in [3.8, 4) is 0 Å². The molecular weight excluding hydrogens is 230 g/mol. The highest BCUT2D eigenvalue weighted by Gasteiger charge is 2.15. The zero-order valence-corrected chi connectivity index (χ0v) is 9.56. The molecule has 0 aromatic carbocycles. The minimum Gasteiger partial charge on any atom is -0.475 e. The Bertz CT molecular complexity index is 562. The summed E-state index contributed by atoms with van der Waals surface area (Å²) in [6, 6.07) is 3.60. The molecule has 2 rings (SSSR count). The summed E-state index contributed by atoms with van der Waals surface area (Å²) in [5.41, 5.74) is 1.52. The highest BCUT2D eigenvalue weighted by Crippen LogP contribution is 2.22. The normalized spacial score (nSPS) is 10.7. The number of nitrogens with zero attached hydrogens (tertiary/aromatic N) is 3. The van der Waals surface area contributed by atoms with Gasteiger partial charge in [0.25, 0.3) is 0 Å². The smallest absolute Gasteiger partial charge is 0.372 e. The van der Waals surface area contributed by atoms with Gasteiger partial charge in [-0.2, -0.15) is 0 Å². The molecule has 1 N–H and O–H groups in total. The lowest BCUT2D eigenvalue weighted by Crippen LogP contribution is -2.09. The maximum absolute atomic E-state index is 10.9. The van der Waals surface area contributed by atoms with Crippen LogP contribution in [0.2, 0.25) is 5.15 Å². The van der Waals surface area contributed by atoms with Gasteiger partial charge < -0.3 is 10.0 Å². The molecular formula is C10H10ClN3O2. The molecule has 2 aromatic heterocycles. The van der Waals surface area contributed by atoms with E-state index in [1.165, 1.54) is 4.40 Å². The fourth-order valence-corrected chi connectivity index (χ4v) is 1.69. The van der Waals surface area contributed by atoms with Gasteiger partial charge in [-0.15, -0.1) is 0 Å². The van der Waals surface area contributed by atoms with Gasteiger partial charge in [0, 0.05) is 26.0 Å². The van der Waals surface area contributed by atoms with E-state index in [0.29, 0.717) is 5.52 Å². The van der Waals surface area contributed by atoms with Crippen LogP contribution in [0.25, 0.3) is 5.52 Å². The molecule has 0 radical (unpaired) electrons. The lowest BCUT2D eigenvalue weighted by molar-refractivity contribution is 0.0683. The highest BCUT2D eigenvalue weighted by atomic mass is 35.5. The molecule has 0 aliphatic heterocycles. The number of fused-ring (bicyclic) bond motifs is 1. The van der Waals surface area contributed by atoms with Crippen LogP contribution in [0, 0.1) is 0 Å². The molecule has 0 aliphatic carbocycles. The predicted molar refractivity (Wildman–Crippen MR) is 61.5 cm³/mol. The number of carboxylic acids is 1. The summed E-state index contributed by atoms with van der Waals surface area (Å²) in [7, 11) is 3.79. The second-order valence-corrected chi connectivity index (χ2v) is 3.92. The molecule has 0 saturated heterocycles. The van der Waals surface area contributed by atoms with Crippen molar-refractivity contribution in [3.63, 3.8) is 0 Å². The van der Waals surface area contributed by atoms with Crippen molar-refractivity contribution < 1.29 is 9.90 Å². The first-order valence-corrected chi connectivity index (χ1v) is 4.96. The fraction of sp³-hybridized carbons (Fsp3) is 0.200. The second kappa shape index (κ2) is 3.68. The zero-order valence-electron chi connectivity index (χ0n) is 8.81. The lowest BCUT2D eigenvalue weighted by atomic mass is 10.3. The summed E-state index contributed by atoms with van der Waals surface area (Å²) in [6.45, 7) is 0. The molecule has 16 heavy (non-hydrogen) atoms. The molecule has 2 heterocycles. The van der Waals surface area contributed by atoms with E-state index in [4.69, 9.17) is 16.7 Å². The average Bonchev–Trinajstić information content (AvgIpc) is 2.56. The SMILES string of the molecule is CN(C)c1ccn2c(C(=O)O)nc(Cl)c2c1. The van der Waals surface area contributed by atoms with Crippen molar-refractivity contribution >= 4 is 28.8 Å². The van der Waals surface area contributed by atoms with E-state index >= 15 is 0 Å². The van der Waals surface area contributed by atoms with Gasteiger partial charge >= 0.3 is 5.97 Å². The average molecular weight is 240 g/mol. The summed E-state index contributed by atoms with van der Waals surface area (Å²) in [4.78, 5) is 16.6. The number of imidazole rings is 1. The van der Waals surface area contributed by atoms with E-state index in [2.05, 4.69) is 4.98 Å². The minimum atomic E-state index is -1.10. The first-order valence-electron chi connectivity index (χ1n) is 4.59. The van der Waals surface area contributed by atoms with Crippen LogP contribution in [-0.2, 0) is 0 Å². The molecule has 0 bridgehead atoms. The third-order valence-corrected chi connectivity index (χ3v) is 2.57. The van der Waals surface area contributed by atoms with Gasteiger partial charge in [-0.25, -0.2) is 9.78 Å². The number of hydrogen-bond donors (Lipinski definition) is 1. The summed E-state index contributed by atoms with van der Waals surface area (Å²) in [5.74, 6) is -1.18. The topological polar surface area (TPSA) is 57.8 Å². The van der Waals surface area contributed by atoms with Gasteiger partial charge in [-0.05, 0) is 12.1 Å². The molecule has 0 fully saturated rings. The number of rotatable bonds is 2. The summed E-state index contributed by atoms with van der Waals surface area (Å²) >= 11 is 5.88. The monoisotopic (exact) mass is 239 g/mol. The second-order valence-electron chi connectivity index (χ2n) is 3.57. The quantitative estimate of drug-likeness (QED) is 0.868. The number of aromatic carboxylic acids is 1. The van der Waals surface area contributed by atoms with Gasteiger partial charge in [0.15, 0.2) is 5.15 Å². The Labute approximate surface area is 96.9 Å². The maximum atomic E-state index is 10.9. The highest BCUT2D eigenvalue weighted by molar-refractivity contribution is 6.33. The van der Waals surface area contributed by atoms with Crippen LogP contribution in [-0.4, -0.2) is 34.6 Å². The standard InChI is InChI=1S/C10H10ClN3O2/c1-13(2)6-3-4-14-7(5-6)8(11)12-9(14)10(15)16/h3-5H,1-2H3,(H,15,16). The van der Waals surface area contributed by atoms with E-state index in [1.54, 1.807) is 18.3 Å². The predicted octanol–water partition coefficient (Wildman–Crippen LogP) is 1.75. The molecule has 0 aliphatic rings. The Morgan fingerprint density at radius 1 is 1.56 bits per heavy atom. The Kier molecular flexibility index (Phi) is 2.47. The third kappa shape index (κ3) is 1.59. The van der Waals surface area contributed by atoms with E-state index in [9.17, 15) is 4.79 Å². The molecule has 84 valence electrons. The van der Waals surface area contributed by atoms with Gasteiger partial charge in [0.05, 0.1) is 5.52 Å². The van der Waals surface area contributed by atoms with E-state index in [1.807, 2.05) is 19.0 Å². The maximum Gasteiger partial charge on any atom is 0.372 e. The third-order valence-electron chi connectivity index (χ3n) is 2.29. The van der Waals surface area contributed by atoms with Gasteiger partial charge in [0.2, 0.25) is 5.82 Å². The van der Waals surface area contributed by atoms with Crippen molar-refractivity contribution in [2.45, 2.75) is 0 Å². The molecule has 6 heteroatoms. The summed E-state index contributed by atoms with van der Waals surface area (Å²) in [5, 5.41) is 9.12. The van der Waals surface area contributed by atoms with Gasteiger partial charge in [-0.1, -0.05) is 11.6 Å². The number of aromatic nitrogens is 2. The van der Waals surface area contributed by atoms with Crippen molar-refractivity contribution in [2.75, 3.05) is 19.0 Å². The number of anilines is 1. The minimum absolute atomic E-state index is 0.0784. The van der Waals surface area contributed by atoms with Crippen molar-refractivity contribution in [3.05, 3.63) is 29.3 Å². The number of halogens is 1. The molecule has 0 spiro atoms. The van der Waals surface area contributed by atoms with Crippen molar-refractivity contribution in [1.82, 2.24) is 9.38 Å². The number of pyridine rings is 1. The van der Waals surface area contributed by atoms with Crippen molar-refractivity contribution in [1.29, 1.82) is 0 Å². The Balaban J connectivity index is 2.71. The van der Waals surface area contributed by atoms with Crippen LogP contribution in [0.3, 0.4) is 0 Å². The Morgan fingerprint density at radius 2 is 2.25 bits per heavy atom. The first kappa shape index (κ1) is 10.8. The van der Waals surface area contributed by atoms with E-state index < -0.39 is 5.97 Å². The zero-order chi connectivity index (χ0) is 11.9. The number of carbonyl (C=O) groups is 1. The molecule has 0 atom stereocenters. The summed E-state index contributed by atoms with van der Waals surface area (Å²) in [6.07, 6.45) is 1.65. The van der Waals surface area contributed by atoms with E-state index in [0.717, 1.165) is 5.69 Å². The first-order chi connectivity index (χ1) is 7.50. The van der Waals surface area contributed by atoms with Crippen LogP contribution in [0.15, 0.2) is 18.3 Å². The van der Waals surface area contributed by atoms with Gasteiger partial charge in [0.1, 0.15) is 0 Å². The van der Waals surface area contributed by atoms with Crippen LogP contribution < -0.4 is 4.90 Å². The Hall–Kier alpha value is -1.75. The van der Waals surface area contributed by atoms with E-state index in [-0.39, 0.29) is 11.0 Å². The molecule has 0 amide bonds. The molecule has 0 saturated carbocycles. The van der Waals surface area contributed by atoms with Crippen molar-refractivity contribution in [2.24, 2.45) is 0 Å². The fourth-order valence-electron chi connectivity index (χ4n) is 1.47. The lowest BCUT2D eigenvalue weighted by Gasteiger charge is -2.12. The van der Waals surface area contributed by atoms with Gasteiger partial charge in [-0.3, -0.25) is 4.40 Å².